The maximum atomic E-state index is 6.32. The SMILES string of the molecule is Cc1c(OCCN2CCOCC2)cc(Cl)cc1N1CCNCC1. The van der Waals surface area contributed by atoms with E-state index in [0.717, 1.165) is 69.8 Å². The van der Waals surface area contributed by atoms with E-state index < -0.39 is 0 Å². The number of morpholine rings is 1. The van der Waals surface area contributed by atoms with E-state index in [0.29, 0.717) is 6.61 Å². The Bertz CT molecular complexity index is 515. The molecule has 0 spiro atoms. The number of halogens is 1. The van der Waals surface area contributed by atoms with Gasteiger partial charge in [0.25, 0.3) is 0 Å². The summed E-state index contributed by atoms with van der Waals surface area (Å²) in [5.41, 5.74) is 2.37. The highest BCUT2D eigenvalue weighted by Crippen LogP contribution is 2.33. The smallest absolute Gasteiger partial charge is 0.125 e. The molecule has 1 aromatic rings. The second-order valence-corrected chi connectivity index (χ2v) is 6.52. The molecule has 2 aliphatic heterocycles. The van der Waals surface area contributed by atoms with Gasteiger partial charge in [-0.2, -0.15) is 0 Å². The van der Waals surface area contributed by atoms with Crippen molar-refractivity contribution in [2.45, 2.75) is 6.92 Å². The number of hydrogen-bond donors (Lipinski definition) is 1. The van der Waals surface area contributed by atoms with Crippen molar-refractivity contribution in [2.75, 3.05) is 70.5 Å². The van der Waals surface area contributed by atoms with Crippen LogP contribution in [0.15, 0.2) is 12.1 Å². The summed E-state index contributed by atoms with van der Waals surface area (Å²) in [6, 6.07) is 3.99. The predicted octanol–water partition coefficient (Wildman–Crippen LogP) is 1.77. The summed E-state index contributed by atoms with van der Waals surface area (Å²) in [5, 5.41) is 4.12. The Kier molecular flexibility index (Phi) is 6.00. The fourth-order valence-corrected chi connectivity index (χ4v) is 3.34. The van der Waals surface area contributed by atoms with Gasteiger partial charge in [-0.25, -0.2) is 0 Å². The topological polar surface area (TPSA) is 37.0 Å². The van der Waals surface area contributed by atoms with Gasteiger partial charge in [0.05, 0.1) is 13.2 Å². The van der Waals surface area contributed by atoms with Crippen LogP contribution in [-0.4, -0.2) is 70.5 Å². The van der Waals surface area contributed by atoms with Crippen molar-refractivity contribution in [2.24, 2.45) is 0 Å². The summed E-state index contributed by atoms with van der Waals surface area (Å²) in [6.45, 7) is 11.4. The molecule has 0 radical (unpaired) electrons. The van der Waals surface area contributed by atoms with Gasteiger partial charge >= 0.3 is 0 Å². The molecular formula is C17H26ClN3O2. The van der Waals surface area contributed by atoms with Crippen LogP contribution in [0.25, 0.3) is 0 Å². The molecule has 3 rings (SSSR count). The largest absolute Gasteiger partial charge is 0.492 e. The van der Waals surface area contributed by atoms with Crippen molar-refractivity contribution in [3.05, 3.63) is 22.7 Å². The summed E-state index contributed by atoms with van der Waals surface area (Å²) in [6.07, 6.45) is 0. The minimum atomic E-state index is 0.683. The standard InChI is InChI=1S/C17H26ClN3O2/c1-14-16(21-4-2-19-3-5-21)12-15(18)13-17(14)23-11-8-20-6-9-22-10-7-20/h12-13,19H,2-11H2,1H3. The Labute approximate surface area is 143 Å². The molecular weight excluding hydrogens is 314 g/mol. The van der Waals surface area contributed by atoms with Gasteiger partial charge in [-0.15, -0.1) is 0 Å². The van der Waals surface area contributed by atoms with Gasteiger partial charge in [0.2, 0.25) is 0 Å². The molecule has 0 amide bonds. The number of anilines is 1. The van der Waals surface area contributed by atoms with Crippen molar-refractivity contribution in [1.82, 2.24) is 10.2 Å². The molecule has 2 saturated heterocycles. The number of rotatable bonds is 5. The lowest BCUT2D eigenvalue weighted by molar-refractivity contribution is 0.0322. The number of piperazine rings is 1. The third-order valence-corrected chi connectivity index (χ3v) is 4.74. The van der Waals surface area contributed by atoms with E-state index in [4.69, 9.17) is 21.1 Å². The molecule has 0 saturated carbocycles. The van der Waals surface area contributed by atoms with E-state index in [1.165, 1.54) is 11.3 Å². The van der Waals surface area contributed by atoms with Crippen molar-refractivity contribution in [3.8, 4) is 5.75 Å². The summed E-state index contributed by atoms with van der Waals surface area (Å²) >= 11 is 6.32. The lowest BCUT2D eigenvalue weighted by Crippen LogP contribution is -2.43. The molecule has 6 heteroatoms. The Morgan fingerprint density at radius 3 is 2.65 bits per heavy atom. The number of nitrogens with zero attached hydrogens (tertiary/aromatic N) is 2. The molecule has 2 fully saturated rings. The monoisotopic (exact) mass is 339 g/mol. The first-order valence-electron chi connectivity index (χ1n) is 8.43. The van der Waals surface area contributed by atoms with Gasteiger partial charge in [-0.3, -0.25) is 4.90 Å². The summed E-state index contributed by atoms with van der Waals surface area (Å²) in [7, 11) is 0. The number of ether oxygens (including phenoxy) is 2. The second kappa shape index (κ2) is 8.20. The Hall–Kier alpha value is -1.01. The fourth-order valence-electron chi connectivity index (χ4n) is 3.13. The highest BCUT2D eigenvalue weighted by atomic mass is 35.5. The molecule has 1 aromatic carbocycles. The first-order chi connectivity index (χ1) is 11.2. The Morgan fingerprint density at radius 2 is 1.91 bits per heavy atom. The molecule has 23 heavy (non-hydrogen) atoms. The molecule has 5 nitrogen and oxygen atoms in total. The van der Waals surface area contributed by atoms with Gasteiger partial charge in [-0.05, 0) is 19.1 Å². The van der Waals surface area contributed by atoms with Gasteiger partial charge < -0.3 is 19.7 Å². The maximum Gasteiger partial charge on any atom is 0.125 e. The van der Waals surface area contributed by atoms with Crippen LogP contribution in [0, 0.1) is 6.92 Å². The summed E-state index contributed by atoms with van der Waals surface area (Å²) in [5.74, 6) is 0.902. The second-order valence-electron chi connectivity index (χ2n) is 6.09. The molecule has 0 aliphatic carbocycles. The quantitative estimate of drug-likeness (QED) is 0.885. The Balaban J connectivity index is 1.62. The van der Waals surface area contributed by atoms with Crippen LogP contribution in [0.3, 0.4) is 0 Å². The predicted molar refractivity (Wildman–Crippen MR) is 94.0 cm³/mol. The van der Waals surface area contributed by atoms with E-state index in [1.807, 2.05) is 6.07 Å². The van der Waals surface area contributed by atoms with Gasteiger partial charge in [0.15, 0.2) is 0 Å². The molecule has 128 valence electrons. The fraction of sp³-hybridized carbons (Fsp3) is 0.647. The normalized spacial score (nSPS) is 19.8. The maximum absolute atomic E-state index is 6.32. The molecule has 0 atom stereocenters. The average Bonchev–Trinajstić information content (AvgIpc) is 2.59. The minimum Gasteiger partial charge on any atom is -0.492 e. The first-order valence-corrected chi connectivity index (χ1v) is 8.80. The van der Waals surface area contributed by atoms with E-state index >= 15 is 0 Å². The highest BCUT2D eigenvalue weighted by molar-refractivity contribution is 6.31. The number of nitrogens with one attached hydrogen (secondary N) is 1. The summed E-state index contributed by atoms with van der Waals surface area (Å²) in [4.78, 5) is 4.76. The molecule has 2 aliphatic rings. The van der Waals surface area contributed by atoms with Crippen LogP contribution in [0.2, 0.25) is 5.02 Å². The number of benzene rings is 1. The zero-order chi connectivity index (χ0) is 16.1. The molecule has 0 unspecified atom stereocenters. The third kappa shape index (κ3) is 4.51. The van der Waals surface area contributed by atoms with Crippen LogP contribution >= 0.6 is 11.6 Å². The third-order valence-electron chi connectivity index (χ3n) is 4.52. The van der Waals surface area contributed by atoms with Crippen LogP contribution in [0.5, 0.6) is 5.75 Å². The van der Waals surface area contributed by atoms with Crippen LogP contribution in [0.4, 0.5) is 5.69 Å². The lowest BCUT2D eigenvalue weighted by atomic mass is 10.1. The Morgan fingerprint density at radius 1 is 1.17 bits per heavy atom. The van der Waals surface area contributed by atoms with Crippen LogP contribution in [0.1, 0.15) is 5.56 Å². The molecule has 1 N–H and O–H groups in total. The molecule has 0 bridgehead atoms. The zero-order valence-corrected chi connectivity index (χ0v) is 14.6. The molecule has 2 heterocycles. The van der Waals surface area contributed by atoms with Crippen molar-refractivity contribution in [1.29, 1.82) is 0 Å². The van der Waals surface area contributed by atoms with E-state index in [2.05, 4.69) is 28.1 Å². The first kappa shape index (κ1) is 16.8. The van der Waals surface area contributed by atoms with Crippen molar-refractivity contribution >= 4 is 17.3 Å². The average molecular weight is 340 g/mol. The summed E-state index contributed by atoms with van der Waals surface area (Å²) < 4.78 is 11.4. The van der Waals surface area contributed by atoms with Crippen molar-refractivity contribution in [3.63, 3.8) is 0 Å². The van der Waals surface area contributed by atoms with E-state index in [1.54, 1.807) is 0 Å². The number of hydrogen-bond acceptors (Lipinski definition) is 5. The van der Waals surface area contributed by atoms with E-state index in [9.17, 15) is 0 Å². The molecule has 0 aromatic heterocycles. The van der Waals surface area contributed by atoms with Crippen LogP contribution in [-0.2, 0) is 4.74 Å². The van der Waals surface area contributed by atoms with Crippen molar-refractivity contribution < 1.29 is 9.47 Å². The van der Waals surface area contributed by atoms with Crippen LogP contribution < -0.4 is 15.0 Å². The zero-order valence-electron chi connectivity index (χ0n) is 13.8. The van der Waals surface area contributed by atoms with Gasteiger partial charge in [0, 0.05) is 62.1 Å². The van der Waals surface area contributed by atoms with Gasteiger partial charge in [0.1, 0.15) is 12.4 Å². The van der Waals surface area contributed by atoms with Gasteiger partial charge in [-0.1, -0.05) is 11.6 Å². The highest BCUT2D eigenvalue weighted by Gasteiger charge is 2.17. The minimum absolute atomic E-state index is 0.683. The van der Waals surface area contributed by atoms with E-state index in [-0.39, 0.29) is 0 Å². The lowest BCUT2D eigenvalue weighted by Gasteiger charge is -2.31.